The second-order valence-electron chi connectivity index (χ2n) is 9.00. The van der Waals surface area contributed by atoms with E-state index in [1.54, 1.807) is 33.7 Å². The standard InChI is InChI=1S/C26H24N4O5S/c27-13-19-6-4-5-9-24(19)36(33,34)28-22-10-11-23-20-12-18(15-30(23)26(22)32)14-29(16-20)25(31)17-35-21-7-2-1-3-8-21/h1-11,18,20,28H,12,14-17H2/t18-,20+/m0/s1. The summed E-state index contributed by atoms with van der Waals surface area (Å²) in [5.41, 5.74) is 0.264. The molecule has 0 aliphatic carbocycles. The van der Waals surface area contributed by atoms with E-state index in [1.807, 2.05) is 24.3 Å². The molecule has 1 saturated heterocycles. The van der Waals surface area contributed by atoms with Crippen molar-refractivity contribution >= 4 is 21.6 Å². The average Bonchev–Trinajstić information content (AvgIpc) is 2.89. The Morgan fingerprint density at radius 2 is 1.78 bits per heavy atom. The summed E-state index contributed by atoms with van der Waals surface area (Å²) in [4.78, 5) is 27.7. The normalized spacial score (nSPS) is 18.6. The van der Waals surface area contributed by atoms with Crippen LogP contribution in [0, 0.1) is 17.2 Å². The van der Waals surface area contributed by atoms with Crippen LogP contribution in [0.5, 0.6) is 5.75 Å². The van der Waals surface area contributed by atoms with Crippen LogP contribution in [0.15, 0.2) is 76.4 Å². The molecule has 2 aliphatic heterocycles. The molecule has 10 heteroatoms. The van der Waals surface area contributed by atoms with Gasteiger partial charge in [-0.1, -0.05) is 30.3 Å². The van der Waals surface area contributed by atoms with E-state index in [-0.39, 0.29) is 40.5 Å². The maximum Gasteiger partial charge on any atom is 0.275 e. The minimum Gasteiger partial charge on any atom is -0.484 e. The fourth-order valence-electron chi connectivity index (χ4n) is 4.97. The first-order chi connectivity index (χ1) is 17.4. The number of carbonyl (C=O) groups is 1. The molecule has 184 valence electrons. The summed E-state index contributed by atoms with van der Waals surface area (Å²) < 4.78 is 35.4. The number of pyridine rings is 1. The number of likely N-dealkylation sites (tertiary alicyclic amines) is 1. The van der Waals surface area contributed by atoms with E-state index in [4.69, 9.17) is 4.74 Å². The summed E-state index contributed by atoms with van der Waals surface area (Å²) in [7, 11) is -4.13. The van der Waals surface area contributed by atoms with Crippen molar-refractivity contribution in [1.82, 2.24) is 9.47 Å². The highest BCUT2D eigenvalue weighted by atomic mass is 32.2. The zero-order valence-corrected chi connectivity index (χ0v) is 20.1. The molecular weight excluding hydrogens is 480 g/mol. The smallest absolute Gasteiger partial charge is 0.275 e. The summed E-state index contributed by atoms with van der Waals surface area (Å²) in [6.45, 7) is 1.30. The van der Waals surface area contributed by atoms with Crippen molar-refractivity contribution in [3.05, 3.63) is 88.3 Å². The van der Waals surface area contributed by atoms with E-state index >= 15 is 0 Å². The quantitative estimate of drug-likeness (QED) is 0.551. The zero-order chi connectivity index (χ0) is 25.3. The van der Waals surface area contributed by atoms with Gasteiger partial charge in [-0.2, -0.15) is 5.26 Å². The number of rotatable bonds is 6. The van der Waals surface area contributed by atoms with Crippen LogP contribution in [-0.4, -0.2) is 43.5 Å². The molecule has 0 unspecified atom stereocenters. The fraction of sp³-hybridized carbons (Fsp3) is 0.269. The number of ether oxygens (including phenoxy) is 1. The van der Waals surface area contributed by atoms with Crippen LogP contribution in [0.25, 0.3) is 0 Å². The fourth-order valence-corrected chi connectivity index (χ4v) is 6.19. The molecule has 2 bridgehead atoms. The molecule has 3 heterocycles. The van der Waals surface area contributed by atoms with E-state index in [0.29, 0.717) is 25.4 Å². The van der Waals surface area contributed by atoms with Crippen molar-refractivity contribution in [3.63, 3.8) is 0 Å². The summed E-state index contributed by atoms with van der Waals surface area (Å²) in [5, 5.41) is 9.26. The Balaban J connectivity index is 1.34. The lowest BCUT2D eigenvalue weighted by Gasteiger charge is -2.42. The van der Waals surface area contributed by atoms with Gasteiger partial charge in [0.2, 0.25) is 0 Å². The van der Waals surface area contributed by atoms with Gasteiger partial charge >= 0.3 is 0 Å². The Bertz CT molecular complexity index is 1510. The van der Waals surface area contributed by atoms with E-state index in [0.717, 1.165) is 12.1 Å². The average molecular weight is 505 g/mol. The van der Waals surface area contributed by atoms with Crippen molar-refractivity contribution < 1.29 is 17.9 Å². The highest BCUT2D eigenvalue weighted by molar-refractivity contribution is 7.92. The summed E-state index contributed by atoms with van der Waals surface area (Å²) >= 11 is 0. The molecule has 1 amide bonds. The van der Waals surface area contributed by atoms with Crippen LogP contribution in [0.4, 0.5) is 5.69 Å². The minimum absolute atomic E-state index is 0.00130. The number of benzene rings is 2. The maximum atomic E-state index is 13.3. The van der Waals surface area contributed by atoms with Crippen molar-refractivity contribution in [2.45, 2.75) is 23.8 Å². The molecule has 36 heavy (non-hydrogen) atoms. The first-order valence-corrected chi connectivity index (χ1v) is 13.1. The molecule has 0 radical (unpaired) electrons. The number of carbonyl (C=O) groups excluding carboxylic acids is 1. The number of nitrogens with one attached hydrogen (secondary N) is 1. The second kappa shape index (κ2) is 9.51. The Kier molecular flexibility index (Phi) is 6.24. The van der Waals surface area contributed by atoms with Crippen molar-refractivity contribution in [2.24, 2.45) is 5.92 Å². The Morgan fingerprint density at radius 3 is 2.56 bits per heavy atom. The lowest BCUT2D eigenvalue weighted by atomic mass is 9.83. The molecule has 1 N–H and O–H groups in total. The van der Waals surface area contributed by atoms with Crippen molar-refractivity contribution in [3.8, 4) is 11.8 Å². The molecule has 0 spiro atoms. The van der Waals surface area contributed by atoms with Crippen LogP contribution < -0.4 is 15.0 Å². The van der Waals surface area contributed by atoms with Gasteiger partial charge in [-0.3, -0.25) is 14.3 Å². The van der Waals surface area contributed by atoms with Gasteiger partial charge in [0.25, 0.3) is 21.5 Å². The monoisotopic (exact) mass is 504 g/mol. The number of nitriles is 1. The summed E-state index contributed by atoms with van der Waals surface area (Å²) in [5.74, 6) is 0.564. The van der Waals surface area contributed by atoms with Crippen molar-refractivity contribution in [2.75, 3.05) is 24.4 Å². The molecule has 3 aromatic rings. The van der Waals surface area contributed by atoms with E-state index in [1.165, 1.54) is 24.3 Å². The highest BCUT2D eigenvalue weighted by Gasteiger charge is 2.37. The largest absolute Gasteiger partial charge is 0.484 e. The third-order valence-corrected chi connectivity index (χ3v) is 8.03. The van der Waals surface area contributed by atoms with Crippen LogP contribution >= 0.6 is 0 Å². The number of nitrogens with zero attached hydrogens (tertiary/aromatic N) is 3. The van der Waals surface area contributed by atoms with Crippen LogP contribution in [0.2, 0.25) is 0 Å². The van der Waals surface area contributed by atoms with E-state index in [9.17, 15) is 23.3 Å². The number of anilines is 1. The Hall–Kier alpha value is -4.10. The number of fused-ring (bicyclic) bond motifs is 4. The molecule has 2 atom stereocenters. The number of amides is 1. The van der Waals surface area contributed by atoms with E-state index in [2.05, 4.69) is 4.72 Å². The Morgan fingerprint density at radius 1 is 1.03 bits per heavy atom. The van der Waals surface area contributed by atoms with Crippen LogP contribution in [0.3, 0.4) is 0 Å². The highest BCUT2D eigenvalue weighted by Crippen LogP contribution is 2.35. The predicted molar refractivity (Wildman–Crippen MR) is 132 cm³/mol. The van der Waals surface area contributed by atoms with Gasteiger partial charge in [0.1, 0.15) is 22.4 Å². The molecule has 2 aliphatic rings. The summed E-state index contributed by atoms with van der Waals surface area (Å²) in [6, 6.07) is 20.1. The van der Waals surface area contributed by atoms with Gasteiger partial charge < -0.3 is 14.2 Å². The summed E-state index contributed by atoms with van der Waals surface area (Å²) in [6.07, 6.45) is 0.851. The lowest BCUT2D eigenvalue weighted by molar-refractivity contribution is -0.136. The molecule has 2 aromatic carbocycles. The van der Waals surface area contributed by atoms with Crippen LogP contribution in [-0.2, 0) is 21.4 Å². The third-order valence-electron chi connectivity index (χ3n) is 6.60. The number of hydrogen-bond donors (Lipinski definition) is 1. The molecular formula is C26H24N4O5S. The number of hydrogen-bond acceptors (Lipinski definition) is 6. The van der Waals surface area contributed by atoms with Gasteiger partial charge in [0.05, 0.1) is 5.56 Å². The van der Waals surface area contributed by atoms with Gasteiger partial charge in [-0.15, -0.1) is 0 Å². The molecule has 9 nitrogen and oxygen atoms in total. The number of para-hydroxylation sites is 1. The molecule has 1 fully saturated rings. The first kappa shape index (κ1) is 23.6. The van der Waals surface area contributed by atoms with Gasteiger partial charge in [-0.25, -0.2) is 8.42 Å². The second-order valence-corrected chi connectivity index (χ2v) is 10.7. The van der Waals surface area contributed by atoms with Crippen molar-refractivity contribution in [1.29, 1.82) is 5.26 Å². The predicted octanol–water partition coefficient (Wildman–Crippen LogP) is 2.55. The topological polar surface area (TPSA) is 121 Å². The third kappa shape index (κ3) is 4.57. The maximum absolute atomic E-state index is 13.3. The minimum atomic E-state index is -4.13. The van der Waals surface area contributed by atoms with Gasteiger partial charge in [-0.05, 0) is 48.7 Å². The molecule has 0 saturated carbocycles. The van der Waals surface area contributed by atoms with E-state index < -0.39 is 15.6 Å². The van der Waals surface area contributed by atoms with Gasteiger partial charge in [0, 0.05) is 31.2 Å². The number of piperidine rings is 1. The lowest BCUT2D eigenvalue weighted by Crippen LogP contribution is -2.50. The number of sulfonamides is 1. The number of aromatic nitrogens is 1. The SMILES string of the molecule is N#Cc1ccccc1S(=O)(=O)Nc1ccc2n(c1=O)C[C@H]1C[C@@H]2CN(C(=O)COc2ccccc2)C1. The zero-order valence-electron chi connectivity index (χ0n) is 19.3. The Labute approximate surface area is 208 Å². The first-order valence-electron chi connectivity index (χ1n) is 11.6. The van der Waals surface area contributed by atoms with Gasteiger partial charge in [0.15, 0.2) is 6.61 Å². The molecule has 1 aromatic heterocycles. The van der Waals surface area contributed by atoms with Crippen LogP contribution in [0.1, 0.15) is 23.6 Å². The molecule has 5 rings (SSSR count).